The van der Waals surface area contributed by atoms with Crippen LogP contribution in [0.25, 0.3) is 0 Å². The second-order valence-corrected chi connectivity index (χ2v) is 7.90. The van der Waals surface area contributed by atoms with Crippen molar-refractivity contribution < 1.29 is 9.53 Å². The van der Waals surface area contributed by atoms with Crippen LogP contribution in [-0.2, 0) is 9.53 Å². The first-order chi connectivity index (χ1) is 7.00. The number of carbonyl (C=O) groups is 1. The molecule has 0 aromatic heterocycles. The third-order valence-electron chi connectivity index (χ3n) is 1.48. The van der Waals surface area contributed by atoms with Crippen molar-refractivity contribution in [2.24, 2.45) is 0 Å². The van der Waals surface area contributed by atoms with E-state index >= 15 is 0 Å². The van der Waals surface area contributed by atoms with E-state index in [1.54, 1.807) is 0 Å². The summed E-state index contributed by atoms with van der Waals surface area (Å²) in [5, 5.41) is 0. The first-order valence-corrected chi connectivity index (χ1v) is 6.61. The van der Waals surface area contributed by atoms with E-state index in [2.05, 4.69) is 4.74 Å². The fraction of sp³-hybridized carbons (Fsp3) is 0.833. The SMILES string of the molecule is O=COCC(Cl)(Cl)C(Cl)(Cl)C(Cl)(Cl)C(Cl)Cl. The van der Waals surface area contributed by atoms with E-state index in [1.165, 1.54) is 0 Å². The molecule has 0 saturated carbocycles. The Morgan fingerprint density at radius 3 is 1.81 bits per heavy atom. The molecule has 0 atom stereocenters. The van der Waals surface area contributed by atoms with Crippen molar-refractivity contribution in [1.82, 2.24) is 0 Å². The number of hydrogen-bond donors (Lipinski definition) is 0. The highest BCUT2D eigenvalue weighted by atomic mass is 35.6. The molecule has 0 aromatic rings. The van der Waals surface area contributed by atoms with Gasteiger partial charge in [0.15, 0.2) is 13.0 Å². The van der Waals surface area contributed by atoms with Crippen molar-refractivity contribution in [3.63, 3.8) is 0 Å². The molecule has 0 aliphatic rings. The van der Waals surface area contributed by atoms with E-state index in [9.17, 15) is 4.79 Å². The third-order valence-corrected chi connectivity index (χ3v) is 6.39. The minimum atomic E-state index is -2.18. The van der Waals surface area contributed by atoms with Crippen molar-refractivity contribution in [3.8, 4) is 0 Å². The van der Waals surface area contributed by atoms with Gasteiger partial charge in [0.25, 0.3) is 6.47 Å². The van der Waals surface area contributed by atoms with Crippen molar-refractivity contribution in [2.45, 2.75) is 17.8 Å². The second-order valence-electron chi connectivity index (χ2n) is 2.61. The number of ether oxygens (including phenoxy) is 1. The zero-order valence-electron chi connectivity index (χ0n) is 7.20. The zero-order chi connectivity index (χ0) is 13.2. The standard InChI is InChI=1S/C6H4Cl8O2/c7-3(8)5(11,12)6(13,14)4(9,10)1-16-2-15/h2-3H,1H2. The molecule has 96 valence electrons. The lowest BCUT2D eigenvalue weighted by Gasteiger charge is -2.40. The summed E-state index contributed by atoms with van der Waals surface area (Å²) in [6.07, 6.45) is 0. The van der Waals surface area contributed by atoms with Crippen LogP contribution in [0.15, 0.2) is 0 Å². The van der Waals surface area contributed by atoms with E-state index in [0.29, 0.717) is 0 Å². The summed E-state index contributed by atoms with van der Waals surface area (Å²) in [5.41, 5.74) is 0. The van der Waals surface area contributed by atoms with Crippen LogP contribution in [0.1, 0.15) is 0 Å². The molecule has 0 unspecified atom stereocenters. The predicted octanol–water partition coefficient (Wildman–Crippen LogP) is 4.48. The van der Waals surface area contributed by atoms with Gasteiger partial charge in [-0.05, 0) is 0 Å². The Kier molecular flexibility index (Phi) is 7.00. The number of carbonyl (C=O) groups excluding carboxylic acids is 1. The zero-order valence-corrected chi connectivity index (χ0v) is 13.2. The fourth-order valence-electron chi connectivity index (χ4n) is 0.610. The van der Waals surface area contributed by atoms with Gasteiger partial charge < -0.3 is 4.74 Å². The average Bonchev–Trinajstić information content (AvgIpc) is 2.13. The lowest BCUT2D eigenvalue weighted by molar-refractivity contribution is -0.129. The summed E-state index contributed by atoms with van der Waals surface area (Å²) in [5.74, 6) is 0. The molecular weight excluding hydrogens is 388 g/mol. The van der Waals surface area contributed by atoms with Crippen molar-refractivity contribution in [2.75, 3.05) is 6.61 Å². The van der Waals surface area contributed by atoms with Crippen LogP contribution in [0.2, 0.25) is 0 Å². The molecule has 0 N–H and O–H groups in total. The number of hydrogen-bond acceptors (Lipinski definition) is 2. The molecule has 0 radical (unpaired) electrons. The molecule has 0 aromatic carbocycles. The summed E-state index contributed by atoms with van der Waals surface area (Å²) in [6, 6.07) is 0. The van der Waals surface area contributed by atoms with Crippen LogP contribution in [0.4, 0.5) is 0 Å². The van der Waals surface area contributed by atoms with Crippen LogP contribution in [0.3, 0.4) is 0 Å². The molecule has 0 saturated heterocycles. The maximum absolute atomic E-state index is 10.0. The minimum Gasteiger partial charge on any atom is -0.465 e. The fourth-order valence-corrected chi connectivity index (χ4v) is 2.43. The average molecular weight is 392 g/mol. The predicted molar refractivity (Wildman–Crippen MR) is 70.8 cm³/mol. The van der Waals surface area contributed by atoms with Gasteiger partial charge in [-0.2, -0.15) is 0 Å². The quantitative estimate of drug-likeness (QED) is 0.493. The van der Waals surface area contributed by atoms with E-state index in [4.69, 9.17) is 92.8 Å². The van der Waals surface area contributed by atoms with E-state index < -0.39 is 24.4 Å². The second kappa shape index (κ2) is 6.29. The molecule has 0 heterocycles. The van der Waals surface area contributed by atoms with E-state index in [0.717, 1.165) is 0 Å². The maximum atomic E-state index is 10.0. The molecule has 10 heteroatoms. The van der Waals surface area contributed by atoms with Crippen molar-refractivity contribution >= 4 is 99.3 Å². The largest absolute Gasteiger partial charge is 0.465 e. The Hall–Kier alpha value is 1.79. The van der Waals surface area contributed by atoms with Gasteiger partial charge in [0.2, 0.25) is 0 Å². The molecule has 0 aliphatic carbocycles. The summed E-state index contributed by atoms with van der Waals surface area (Å²) in [4.78, 5) is 8.64. The van der Waals surface area contributed by atoms with E-state index in [1.807, 2.05) is 0 Å². The summed E-state index contributed by atoms with van der Waals surface area (Å²) >= 11 is 45.7. The normalized spacial score (nSPS) is 14.1. The molecular formula is C6H4Cl8O2. The van der Waals surface area contributed by atoms with Crippen molar-refractivity contribution in [1.29, 1.82) is 0 Å². The number of rotatable bonds is 6. The molecule has 0 spiro atoms. The van der Waals surface area contributed by atoms with Gasteiger partial charge in [0, 0.05) is 0 Å². The Bertz CT molecular complexity index is 251. The van der Waals surface area contributed by atoms with Crippen LogP contribution in [-0.4, -0.2) is 30.9 Å². The number of alkyl halides is 8. The van der Waals surface area contributed by atoms with Crippen LogP contribution < -0.4 is 0 Å². The molecule has 2 nitrogen and oxygen atoms in total. The van der Waals surface area contributed by atoms with Gasteiger partial charge in [-0.1, -0.05) is 69.6 Å². The van der Waals surface area contributed by atoms with Gasteiger partial charge in [-0.15, -0.1) is 23.2 Å². The minimum absolute atomic E-state index is 0.104. The van der Waals surface area contributed by atoms with E-state index in [-0.39, 0.29) is 6.47 Å². The summed E-state index contributed by atoms with van der Waals surface area (Å²) in [7, 11) is 0. The summed E-state index contributed by atoms with van der Waals surface area (Å²) < 4.78 is -1.91. The molecule has 0 amide bonds. The maximum Gasteiger partial charge on any atom is 0.293 e. The molecule has 0 rings (SSSR count). The van der Waals surface area contributed by atoms with Crippen LogP contribution >= 0.6 is 92.8 Å². The summed E-state index contributed by atoms with van der Waals surface area (Å²) in [6.45, 7) is -0.444. The highest BCUT2D eigenvalue weighted by Gasteiger charge is 2.63. The Morgan fingerprint density at radius 1 is 1.06 bits per heavy atom. The number of halogens is 8. The van der Waals surface area contributed by atoms with Gasteiger partial charge in [0.1, 0.15) is 11.4 Å². The molecule has 0 fully saturated rings. The Balaban J connectivity index is 5.08. The van der Waals surface area contributed by atoms with Gasteiger partial charge >= 0.3 is 0 Å². The van der Waals surface area contributed by atoms with Crippen molar-refractivity contribution in [3.05, 3.63) is 0 Å². The van der Waals surface area contributed by atoms with Gasteiger partial charge in [0.05, 0.1) is 0 Å². The first-order valence-electron chi connectivity index (χ1n) is 3.47. The third kappa shape index (κ3) is 3.64. The lowest BCUT2D eigenvalue weighted by Crippen LogP contribution is -2.54. The topological polar surface area (TPSA) is 26.3 Å². The lowest BCUT2D eigenvalue weighted by atomic mass is 10.2. The Labute approximate surface area is 132 Å². The van der Waals surface area contributed by atoms with Crippen LogP contribution in [0.5, 0.6) is 0 Å². The van der Waals surface area contributed by atoms with Gasteiger partial charge in [-0.3, -0.25) is 4.79 Å². The Morgan fingerprint density at radius 2 is 1.50 bits per heavy atom. The highest BCUT2D eigenvalue weighted by molar-refractivity contribution is 6.72. The molecule has 16 heavy (non-hydrogen) atoms. The molecule has 0 bridgehead atoms. The highest BCUT2D eigenvalue weighted by Crippen LogP contribution is 2.57. The van der Waals surface area contributed by atoms with Gasteiger partial charge in [-0.25, -0.2) is 0 Å². The molecule has 0 aliphatic heterocycles. The monoisotopic (exact) mass is 388 g/mol. The van der Waals surface area contributed by atoms with Crippen LogP contribution in [0, 0.1) is 0 Å². The first kappa shape index (κ1) is 17.8. The smallest absolute Gasteiger partial charge is 0.293 e.